The van der Waals surface area contributed by atoms with E-state index in [1.165, 1.54) is 0 Å². The van der Waals surface area contributed by atoms with Crippen molar-refractivity contribution in [1.82, 2.24) is 14.8 Å². The number of hydrogen-bond donors (Lipinski definition) is 2. The summed E-state index contributed by atoms with van der Waals surface area (Å²) in [6, 6.07) is 17.5. The van der Waals surface area contributed by atoms with E-state index in [-0.39, 0.29) is 11.8 Å². The van der Waals surface area contributed by atoms with E-state index in [1.54, 1.807) is 4.90 Å². The lowest BCUT2D eigenvalue weighted by Gasteiger charge is -2.40. The number of nitrogens with two attached hydrogens (primary N) is 1. The zero-order valence-corrected chi connectivity index (χ0v) is 15.7. The van der Waals surface area contributed by atoms with Gasteiger partial charge in [0.1, 0.15) is 6.04 Å². The molecule has 4 rings (SSSR count). The van der Waals surface area contributed by atoms with Gasteiger partial charge in [-0.05, 0) is 17.2 Å². The Labute approximate surface area is 163 Å². The van der Waals surface area contributed by atoms with Crippen molar-refractivity contribution >= 4 is 22.7 Å². The monoisotopic (exact) mass is 376 g/mol. The summed E-state index contributed by atoms with van der Waals surface area (Å²) >= 11 is 0. The number of hydrogen-bond acceptors (Lipinski definition) is 3. The normalized spacial score (nSPS) is 17.7. The number of aromatic nitrogens is 1. The van der Waals surface area contributed by atoms with Crippen molar-refractivity contribution < 1.29 is 9.59 Å². The molecule has 0 radical (unpaired) electrons. The van der Waals surface area contributed by atoms with Gasteiger partial charge < -0.3 is 15.6 Å². The van der Waals surface area contributed by atoms with Gasteiger partial charge in [0.2, 0.25) is 11.8 Å². The number of rotatable bonds is 5. The number of piperazine rings is 1. The van der Waals surface area contributed by atoms with E-state index in [1.807, 2.05) is 60.8 Å². The van der Waals surface area contributed by atoms with Gasteiger partial charge >= 0.3 is 0 Å². The van der Waals surface area contributed by atoms with Gasteiger partial charge in [-0.2, -0.15) is 0 Å². The molecule has 0 bridgehead atoms. The first-order valence-corrected chi connectivity index (χ1v) is 9.52. The van der Waals surface area contributed by atoms with Crippen molar-refractivity contribution in [2.75, 3.05) is 19.6 Å². The number of H-pyrrole nitrogens is 1. The zero-order valence-electron chi connectivity index (χ0n) is 15.7. The second-order valence-electron chi connectivity index (χ2n) is 7.25. The van der Waals surface area contributed by atoms with Crippen LogP contribution in [0.1, 0.15) is 11.1 Å². The Morgan fingerprint density at radius 2 is 1.79 bits per heavy atom. The fourth-order valence-electron chi connectivity index (χ4n) is 3.88. The second-order valence-corrected chi connectivity index (χ2v) is 7.25. The Hall–Kier alpha value is -3.12. The topological polar surface area (TPSA) is 82.4 Å². The lowest BCUT2D eigenvalue weighted by atomic mass is 10.1. The molecule has 2 amide bonds. The highest BCUT2D eigenvalue weighted by Crippen LogP contribution is 2.20. The standard InChI is InChI=1S/C22H24N4O2/c23-22(28)20-15-26(11-10-25(20)14-16-6-2-1-3-7-16)21(27)12-17-13-24-19-9-5-4-8-18(17)19/h1-9,13,20,24H,10-12,14-15H2,(H2,23,28)/t20-/m1/s1. The number of fused-ring (bicyclic) bond motifs is 1. The quantitative estimate of drug-likeness (QED) is 0.714. The van der Waals surface area contributed by atoms with Crippen LogP contribution < -0.4 is 5.73 Å². The Kier molecular flexibility index (Phi) is 5.12. The average Bonchev–Trinajstić information content (AvgIpc) is 3.12. The molecule has 6 nitrogen and oxygen atoms in total. The Balaban J connectivity index is 1.45. The molecule has 1 aliphatic heterocycles. The SMILES string of the molecule is NC(=O)[C@H]1CN(C(=O)Cc2c[nH]c3ccccc23)CCN1Cc1ccccc1. The van der Waals surface area contributed by atoms with Crippen molar-refractivity contribution in [2.45, 2.75) is 19.0 Å². The number of amides is 2. The van der Waals surface area contributed by atoms with Gasteiger partial charge in [0.15, 0.2) is 0 Å². The number of carbonyl (C=O) groups is 2. The van der Waals surface area contributed by atoms with Crippen LogP contribution in [0.2, 0.25) is 0 Å². The number of nitrogens with one attached hydrogen (secondary N) is 1. The molecular weight excluding hydrogens is 352 g/mol. The summed E-state index contributed by atoms with van der Waals surface area (Å²) in [5.41, 5.74) is 8.79. The molecular formula is C22H24N4O2. The van der Waals surface area contributed by atoms with Crippen LogP contribution in [-0.4, -0.2) is 52.3 Å². The molecule has 0 unspecified atom stereocenters. The van der Waals surface area contributed by atoms with Crippen LogP contribution >= 0.6 is 0 Å². The minimum absolute atomic E-state index is 0.0235. The average molecular weight is 376 g/mol. The summed E-state index contributed by atoms with van der Waals surface area (Å²) in [4.78, 5) is 32.0. The number of nitrogens with zero attached hydrogens (tertiary/aromatic N) is 2. The first-order chi connectivity index (χ1) is 13.6. The fraction of sp³-hybridized carbons (Fsp3) is 0.273. The molecule has 1 saturated heterocycles. The summed E-state index contributed by atoms with van der Waals surface area (Å²) < 4.78 is 0. The van der Waals surface area contributed by atoms with E-state index in [2.05, 4.69) is 9.88 Å². The zero-order chi connectivity index (χ0) is 19.5. The van der Waals surface area contributed by atoms with Crippen molar-refractivity contribution in [3.63, 3.8) is 0 Å². The number of carbonyl (C=O) groups excluding carboxylic acids is 2. The van der Waals surface area contributed by atoms with Crippen LogP contribution in [0.15, 0.2) is 60.8 Å². The lowest BCUT2D eigenvalue weighted by molar-refractivity contribution is -0.136. The molecule has 1 atom stereocenters. The van der Waals surface area contributed by atoms with E-state index in [9.17, 15) is 9.59 Å². The molecule has 2 heterocycles. The molecule has 0 spiro atoms. The third-order valence-electron chi connectivity index (χ3n) is 5.42. The maximum atomic E-state index is 12.9. The molecule has 1 aromatic heterocycles. The summed E-state index contributed by atoms with van der Waals surface area (Å²) in [5, 5.41) is 1.06. The molecule has 28 heavy (non-hydrogen) atoms. The van der Waals surface area contributed by atoms with Crippen LogP contribution in [0, 0.1) is 0 Å². The maximum absolute atomic E-state index is 12.9. The molecule has 3 N–H and O–H groups in total. The van der Waals surface area contributed by atoms with Gasteiger partial charge in [0.05, 0.1) is 6.42 Å². The highest BCUT2D eigenvalue weighted by atomic mass is 16.2. The van der Waals surface area contributed by atoms with E-state index >= 15 is 0 Å². The summed E-state index contributed by atoms with van der Waals surface area (Å²) in [5.74, 6) is -0.365. The van der Waals surface area contributed by atoms with Crippen LogP contribution in [0.5, 0.6) is 0 Å². The predicted octanol–water partition coefficient (Wildman–Crippen LogP) is 1.91. The highest BCUT2D eigenvalue weighted by Gasteiger charge is 2.33. The van der Waals surface area contributed by atoms with Crippen LogP contribution in [0.3, 0.4) is 0 Å². The largest absolute Gasteiger partial charge is 0.368 e. The van der Waals surface area contributed by atoms with Gasteiger partial charge in [-0.1, -0.05) is 48.5 Å². The Morgan fingerprint density at radius 1 is 1.04 bits per heavy atom. The van der Waals surface area contributed by atoms with E-state index < -0.39 is 6.04 Å². The van der Waals surface area contributed by atoms with Gasteiger partial charge in [0.25, 0.3) is 0 Å². The fourth-order valence-corrected chi connectivity index (χ4v) is 3.88. The Bertz CT molecular complexity index is 982. The maximum Gasteiger partial charge on any atom is 0.236 e. The van der Waals surface area contributed by atoms with Crippen molar-refractivity contribution in [3.8, 4) is 0 Å². The van der Waals surface area contributed by atoms with Crippen LogP contribution in [0.4, 0.5) is 0 Å². The highest BCUT2D eigenvalue weighted by molar-refractivity contribution is 5.89. The molecule has 2 aromatic carbocycles. The summed E-state index contributed by atoms with van der Waals surface area (Å²) in [6.07, 6.45) is 2.20. The molecule has 1 aliphatic rings. The summed E-state index contributed by atoms with van der Waals surface area (Å²) in [6.45, 7) is 2.21. The van der Waals surface area contributed by atoms with Crippen LogP contribution in [-0.2, 0) is 22.6 Å². The minimum atomic E-state index is -0.471. The van der Waals surface area contributed by atoms with Crippen molar-refractivity contribution in [3.05, 3.63) is 71.9 Å². The van der Waals surface area contributed by atoms with Gasteiger partial charge in [0, 0.05) is 43.3 Å². The first kappa shape index (κ1) is 18.3. The Morgan fingerprint density at radius 3 is 2.57 bits per heavy atom. The smallest absolute Gasteiger partial charge is 0.236 e. The number of benzene rings is 2. The third kappa shape index (κ3) is 3.77. The third-order valence-corrected chi connectivity index (χ3v) is 5.42. The molecule has 0 saturated carbocycles. The van der Waals surface area contributed by atoms with E-state index in [4.69, 9.17) is 5.73 Å². The first-order valence-electron chi connectivity index (χ1n) is 9.52. The van der Waals surface area contributed by atoms with E-state index in [0.29, 0.717) is 32.6 Å². The van der Waals surface area contributed by atoms with Gasteiger partial charge in [-0.15, -0.1) is 0 Å². The predicted molar refractivity (Wildman–Crippen MR) is 108 cm³/mol. The second kappa shape index (κ2) is 7.86. The number of aromatic amines is 1. The number of para-hydroxylation sites is 1. The summed E-state index contributed by atoms with van der Waals surface area (Å²) in [7, 11) is 0. The number of primary amides is 1. The molecule has 0 aliphatic carbocycles. The lowest BCUT2D eigenvalue weighted by Crippen LogP contribution is -2.59. The molecule has 1 fully saturated rings. The van der Waals surface area contributed by atoms with Crippen LogP contribution in [0.25, 0.3) is 10.9 Å². The van der Waals surface area contributed by atoms with Crippen molar-refractivity contribution in [1.29, 1.82) is 0 Å². The van der Waals surface area contributed by atoms with Gasteiger partial charge in [-0.25, -0.2) is 0 Å². The molecule has 144 valence electrons. The van der Waals surface area contributed by atoms with Gasteiger partial charge in [-0.3, -0.25) is 14.5 Å². The molecule has 6 heteroatoms. The van der Waals surface area contributed by atoms with E-state index in [0.717, 1.165) is 22.0 Å². The minimum Gasteiger partial charge on any atom is -0.368 e. The van der Waals surface area contributed by atoms with Crippen molar-refractivity contribution in [2.24, 2.45) is 5.73 Å². The molecule has 3 aromatic rings.